The standard InChI is InChI=1S/C18H36NO2P/c1-5-10-19(14-16(2)3)11-8-18(15-20)21-22-12-6-7-17(4)9-13-22/h5,16-18,20H,1,6-15H2,2-4H3. The number of aliphatic hydroxyl groups excluding tert-OH is 1. The molecule has 1 aliphatic heterocycles. The van der Waals surface area contributed by atoms with Crippen LogP contribution in [-0.2, 0) is 4.52 Å². The predicted octanol–water partition coefficient (Wildman–Crippen LogP) is 4.11. The Morgan fingerprint density at radius 3 is 2.77 bits per heavy atom. The van der Waals surface area contributed by atoms with Crippen molar-refractivity contribution in [1.29, 1.82) is 0 Å². The largest absolute Gasteiger partial charge is 0.394 e. The number of rotatable bonds is 10. The monoisotopic (exact) mass is 329 g/mol. The van der Waals surface area contributed by atoms with Crippen molar-refractivity contribution in [3.8, 4) is 0 Å². The van der Waals surface area contributed by atoms with E-state index < -0.39 is 0 Å². The summed E-state index contributed by atoms with van der Waals surface area (Å²) >= 11 is 0. The highest BCUT2D eigenvalue weighted by molar-refractivity contribution is 7.52. The highest BCUT2D eigenvalue weighted by atomic mass is 31.1. The van der Waals surface area contributed by atoms with Gasteiger partial charge in [0.25, 0.3) is 0 Å². The second-order valence-corrected chi connectivity index (χ2v) is 9.17. The van der Waals surface area contributed by atoms with Gasteiger partial charge in [-0.25, -0.2) is 0 Å². The molecule has 3 atom stereocenters. The smallest absolute Gasteiger partial charge is 0.0860 e. The Bertz CT molecular complexity index is 299. The number of aliphatic hydroxyl groups is 1. The molecule has 3 nitrogen and oxygen atoms in total. The summed E-state index contributed by atoms with van der Waals surface area (Å²) < 4.78 is 6.26. The lowest BCUT2D eigenvalue weighted by atomic mass is 10.0. The van der Waals surface area contributed by atoms with Crippen molar-refractivity contribution < 1.29 is 9.63 Å². The molecule has 1 aliphatic rings. The lowest BCUT2D eigenvalue weighted by Crippen LogP contribution is -2.32. The summed E-state index contributed by atoms with van der Waals surface area (Å²) in [6.45, 7) is 13.8. The number of nitrogens with zero attached hydrogens (tertiary/aromatic N) is 1. The van der Waals surface area contributed by atoms with Crippen molar-refractivity contribution in [2.45, 2.75) is 52.6 Å². The first-order chi connectivity index (χ1) is 10.5. The Balaban J connectivity index is 2.37. The van der Waals surface area contributed by atoms with E-state index in [4.69, 9.17) is 4.52 Å². The van der Waals surface area contributed by atoms with Crippen LogP contribution >= 0.6 is 8.15 Å². The van der Waals surface area contributed by atoms with E-state index in [0.717, 1.165) is 32.0 Å². The molecule has 1 fully saturated rings. The minimum absolute atomic E-state index is 0.0130. The molecule has 0 amide bonds. The van der Waals surface area contributed by atoms with E-state index in [9.17, 15) is 5.11 Å². The Morgan fingerprint density at radius 1 is 1.36 bits per heavy atom. The average molecular weight is 329 g/mol. The van der Waals surface area contributed by atoms with Crippen LogP contribution in [0.2, 0.25) is 0 Å². The Kier molecular flexibility index (Phi) is 10.6. The van der Waals surface area contributed by atoms with Crippen LogP contribution in [-0.4, -0.2) is 54.7 Å². The fourth-order valence-electron chi connectivity index (χ4n) is 3.01. The molecule has 0 aromatic rings. The first kappa shape index (κ1) is 20.1. The molecule has 0 aliphatic carbocycles. The van der Waals surface area contributed by atoms with Gasteiger partial charge in [-0.2, -0.15) is 0 Å². The van der Waals surface area contributed by atoms with E-state index in [1.54, 1.807) is 0 Å². The zero-order chi connectivity index (χ0) is 16.4. The van der Waals surface area contributed by atoms with Gasteiger partial charge in [0.2, 0.25) is 0 Å². The Labute approximate surface area is 139 Å². The van der Waals surface area contributed by atoms with E-state index in [2.05, 4.69) is 32.3 Å². The molecule has 0 bridgehead atoms. The molecule has 0 saturated carbocycles. The maximum absolute atomic E-state index is 9.65. The first-order valence-electron chi connectivity index (χ1n) is 8.91. The Morgan fingerprint density at radius 2 is 2.14 bits per heavy atom. The molecule has 4 heteroatoms. The predicted molar refractivity (Wildman–Crippen MR) is 97.7 cm³/mol. The zero-order valence-corrected chi connectivity index (χ0v) is 15.7. The topological polar surface area (TPSA) is 32.7 Å². The van der Waals surface area contributed by atoms with Crippen LogP contribution in [0.25, 0.3) is 0 Å². The SMILES string of the molecule is C=CCN(CCC(CO)OP1CCCC(C)CC1)CC(C)C. The van der Waals surface area contributed by atoms with Crippen molar-refractivity contribution in [3.63, 3.8) is 0 Å². The van der Waals surface area contributed by atoms with Crippen molar-refractivity contribution in [2.75, 3.05) is 38.6 Å². The molecule has 0 radical (unpaired) electrons. The zero-order valence-electron chi connectivity index (χ0n) is 14.8. The van der Waals surface area contributed by atoms with Gasteiger partial charge in [0.15, 0.2) is 0 Å². The van der Waals surface area contributed by atoms with Gasteiger partial charge in [0, 0.05) is 27.8 Å². The number of hydrogen-bond acceptors (Lipinski definition) is 3. The molecule has 1 heterocycles. The second-order valence-electron chi connectivity index (χ2n) is 7.11. The molecular formula is C18H36NO2P. The summed E-state index contributed by atoms with van der Waals surface area (Å²) in [5.74, 6) is 1.50. The van der Waals surface area contributed by atoms with Crippen LogP contribution < -0.4 is 0 Å². The molecule has 0 aromatic carbocycles. The molecule has 1 rings (SSSR count). The first-order valence-corrected chi connectivity index (χ1v) is 10.5. The highest BCUT2D eigenvalue weighted by Crippen LogP contribution is 2.44. The fraction of sp³-hybridized carbons (Fsp3) is 0.889. The molecular weight excluding hydrogens is 293 g/mol. The molecule has 0 aromatic heterocycles. The molecule has 1 saturated heterocycles. The maximum atomic E-state index is 9.65. The highest BCUT2D eigenvalue weighted by Gasteiger charge is 2.21. The van der Waals surface area contributed by atoms with Gasteiger partial charge in [-0.1, -0.05) is 33.3 Å². The minimum Gasteiger partial charge on any atom is -0.394 e. The van der Waals surface area contributed by atoms with E-state index in [0.29, 0.717) is 5.92 Å². The third-order valence-corrected chi connectivity index (χ3v) is 6.42. The van der Waals surface area contributed by atoms with Crippen LogP contribution in [0.15, 0.2) is 12.7 Å². The van der Waals surface area contributed by atoms with Crippen molar-refractivity contribution >= 4 is 8.15 Å². The van der Waals surface area contributed by atoms with Gasteiger partial charge in [0.1, 0.15) is 0 Å². The summed E-state index contributed by atoms with van der Waals surface area (Å²) in [4.78, 5) is 2.41. The second kappa shape index (κ2) is 11.6. The lowest BCUT2D eigenvalue weighted by Gasteiger charge is -2.27. The van der Waals surface area contributed by atoms with E-state index in [1.165, 1.54) is 31.6 Å². The minimum atomic E-state index is -0.324. The lowest BCUT2D eigenvalue weighted by molar-refractivity contribution is 0.106. The van der Waals surface area contributed by atoms with Crippen molar-refractivity contribution in [2.24, 2.45) is 11.8 Å². The third kappa shape index (κ3) is 8.62. The fourth-order valence-corrected chi connectivity index (χ4v) is 5.30. The molecule has 22 heavy (non-hydrogen) atoms. The summed E-state index contributed by atoms with van der Waals surface area (Å²) in [6, 6.07) is 0. The molecule has 130 valence electrons. The van der Waals surface area contributed by atoms with Crippen LogP contribution in [0, 0.1) is 11.8 Å². The van der Waals surface area contributed by atoms with Crippen LogP contribution in [0.3, 0.4) is 0 Å². The normalized spacial score (nSPS) is 24.5. The van der Waals surface area contributed by atoms with E-state index in [-0.39, 0.29) is 20.9 Å². The molecule has 1 N–H and O–H groups in total. The molecule has 0 spiro atoms. The quantitative estimate of drug-likeness (QED) is 0.483. The van der Waals surface area contributed by atoms with Gasteiger partial charge in [-0.15, -0.1) is 6.58 Å². The number of hydrogen-bond donors (Lipinski definition) is 1. The van der Waals surface area contributed by atoms with Crippen molar-refractivity contribution in [1.82, 2.24) is 4.90 Å². The van der Waals surface area contributed by atoms with Crippen LogP contribution in [0.1, 0.15) is 46.5 Å². The average Bonchev–Trinajstić information content (AvgIpc) is 2.67. The Hall–Kier alpha value is 0.0500. The summed E-state index contributed by atoms with van der Waals surface area (Å²) in [5, 5.41) is 9.65. The van der Waals surface area contributed by atoms with E-state index >= 15 is 0 Å². The van der Waals surface area contributed by atoms with Crippen LogP contribution in [0.5, 0.6) is 0 Å². The summed E-state index contributed by atoms with van der Waals surface area (Å²) in [5.41, 5.74) is 0. The van der Waals surface area contributed by atoms with Gasteiger partial charge in [-0.05, 0) is 43.4 Å². The van der Waals surface area contributed by atoms with Crippen molar-refractivity contribution in [3.05, 3.63) is 12.7 Å². The van der Waals surface area contributed by atoms with Gasteiger partial charge < -0.3 is 9.63 Å². The van der Waals surface area contributed by atoms with Gasteiger partial charge in [0.05, 0.1) is 12.7 Å². The van der Waals surface area contributed by atoms with Crippen LogP contribution in [0.4, 0.5) is 0 Å². The maximum Gasteiger partial charge on any atom is 0.0860 e. The van der Waals surface area contributed by atoms with Gasteiger partial charge in [-0.3, -0.25) is 4.90 Å². The summed E-state index contributed by atoms with van der Waals surface area (Å²) in [7, 11) is -0.324. The summed E-state index contributed by atoms with van der Waals surface area (Å²) in [6.07, 6.45) is 9.26. The molecule has 3 unspecified atom stereocenters. The van der Waals surface area contributed by atoms with Gasteiger partial charge >= 0.3 is 0 Å². The third-order valence-electron chi connectivity index (χ3n) is 4.26. The van der Waals surface area contributed by atoms with E-state index in [1.807, 2.05) is 6.08 Å².